The SMILES string of the molecule is O=C(c1ccccc1F)N1CCC(CNS(=O)(=O)c2cccs2)CC1. The predicted octanol–water partition coefficient (Wildman–Crippen LogP) is 2.72. The number of rotatable bonds is 5. The van der Waals surface area contributed by atoms with Gasteiger partial charge in [0.25, 0.3) is 5.91 Å². The van der Waals surface area contributed by atoms with Crippen LogP contribution >= 0.6 is 11.3 Å². The lowest BCUT2D eigenvalue weighted by molar-refractivity contribution is 0.0687. The largest absolute Gasteiger partial charge is 0.339 e. The number of carbonyl (C=O) groups excluding carboxylic acids is 1. The molecule has 2 heterocycles. The fourth-order valence-electron chi connectivity index (χ4n) is 2.86. The smallest absolute Gasteiger partial charge is 0.256 e. The van der Waals surface area contributed by atoms with E-state index in [1.807, 2.05) is 0 Å². The first-order chi connectivity index (χ1) is 12.0. The first-order valence-electron chi connectivity index (χ1n) is 8.04. The van der Waals surface area contributed by atoms with Crippen molar-refractivity contribution in [2.75, 3.05) is 19.6 Å². The average Bonchev–Trinajstić information content (AvgIpc) is 3.16. The summed E-state index contributed by atoms with van der Waals surface area (Å²) in [7, 11) is -3.46. The van der Waals surface area contributed by atoms with Crippen LogP contribution in [0.4, 0.5) is 4.39 Å². The van der Waals surface area contributed by atoms with E-state index in [9.17, 15) is 17.6 Å². The summed E-state index contributed by atoms with van der Waals surface area (Å²) in [5.41, 5.74) is 0.0827. The quantitative estimate of drug-likeness (QED) is 0.865. The minimum absolute atomic E-state index is 0.0827. The molecule has 25 heavy (non-hydrogen) atoms. The second kappa shape index (κ2) is 7.63. The number of carbonyl (C=O) groups is 1. The number of nitrogens with zero attached hydrogens (tertiary/aromatic N) is 1. The maximum Gasteiger partial charge on any atom is 0.256 e. The molecule has 3 rings (SSSR count). The Labute approximate surface area is 150 Å². The number of likely N-dealkylation sites (tertiary alicyclic amines) is 1. The van der Waals surface area contributed by atoms with Gasteiger partial charge in [-0.2, -0.15) is 0 Å². The van der Waals surface area contributed by atoms with Crippen LogP contribution in [0.3, 0.4) is 0 Å². The van der Waals surface area contributed by atoms with Crippen molar-refractivity contribution in [2.45, 2.75) is 17.1 Å². The van der Waals surface area contributed by atoms with Gasteiger partial charge in [-0.15, -0.1) is 11.3 Å². The van der Waals surface area contributed by atoms with Gasteiger partial charge in [0.1, 0.15) is 10.0 Å². The van der Waals surface area contributed by atoms with Gasteiger partial charge < -0.3 is 4.90 Å². The number of hydrogen-bond acceptors (Lipinski definition) is 4. The molecule has 0 bridgehead atoms. The van der Waals surface area contributed by atoms with Gasteiger partial charge in [0.2, 0.25) is 10.0 Å². The summed E-state index contributed by atoms with van der Waals surface area (Å²) in [6, 6.07) is 9.23. The number of piperidine rings is 1. The average molecular weight is 382 g/mol. The normalized spacial score (nSPS) is 16.1. The lowest BCUT2D eigenvalue weighted by atomic mass is 9.96. The van der Waals surface area contributed by atoms with Crippen LogP contribution in [0.1, 0.15) is 23.2 Å². The highest BCUT2D eigenvalue weighted by Gasteiger charge is 2.26. The number of halogens is 1. The van der Waals surface area contributed by atoms with Crippen molar-refractivity contribution in [3.8, 4) is 0 Å². The highest BCUT2D eigenvalue weighted by molar-refractivity contribution is 7.91. The standard InChI is InChI=1S/C17H19FN2O3S2/c18-15-5-2-1-4-14(15)17(21)20-9-7-13(8-10-20)12-19-25(22,23)16-6-3-11-24-16/h1-6,11,13,19H,7-10,12H2. The van der Waals surface area contributed by atoms with Crippen molar-refractivity contribution in [1.29, 1.82) is 0 Å². The minimum atomic E-state index is -3.46. The lowest BCUT2D eigenvalue weighted by Crippen LogP contribution is -2.41. The van der Waals surface area contributed by atoms with E-state index in [-0.39, 0.29) is 17.4 Å². The molecule has 0 unspecified atom stereocenters. The zero-order valence-corrected chi connectivity index (χ0v) is 15.2. The summed E-state index contributed by atoms with van der Waals surface area (Å²) in [5.74, 6) is -0.659. The molecule has 1 aliphatic rings. The molecule has 1 aliphatic heterocycles. The molecular formula is C17H19FN2O3S2. The van der Waals surface area contributed by atoms with Crippen molar-refractivity contribution < 1.29 is 17.6 Å². The maximum atomic E-state index is 13.7. The van der Waals surface area contributed by atoms with Gasteiger partial charge in [-0.3, -0.25) is 4.79 Å². The molecule has 1 fully saturated rings. The Kier molecular flexibility index (Phi) is 5.51. The molecule has 0 atom stereocenters. The summed E-state index contributed by atoms with van der Waals surface area (Å²) in [5, 5.41) is 1.72. The van der Waals surface area contributed by atoms with Crippen LogP contribution in [0.25, 0.3) is 0 Å². The number of nitrogens with one attached hydrogen (secondary N) is 1. The number of sulfonamides is 1. The molecule has 0 saturated carbocycles. The van der Waals surface area contributed by atoms with E-state index >= 15 is 0 Å². The third-order valence-electron chi connectivity index (χ3n) is 4.33. The van der Waals surface area contributed by atoms with E-state index in [0.29, 0.717) is 36.7 Å². The van der Waals surface area contributed by atoms with Crippen LogP contribution in [-0.4, -0.2) is 38.9 Å². The topological polar surface area (TPSA) is 66.5 Å². The highest BCUT2D eigenvalue weighted by Crippen LogP contribution is 2.21. The Morgan fingerprint density at radius 2 is 1.92 bits per heavy atom. The highest BCUT2D eigenvalue weighted by atomic mass is 32.2. The zero-order valence-electron chi connectivity index (χ0n) is 13.5. The van der Waals surface area contributed by atoms with Crippen LogP contribution in [-0.2, 0) is 10.0 Å². The molecule has 0 spiro atoms. The molecule has 1 aromatic heterocycles. The summed E-state index contributed by atoms with van der Waals surface area (Å²) < 4.78 is 40.9. The lowest BCUT2D eigenvalue weighted by Gasteiger charge is -2.32. The van der Waals surface area contributed by atoms with E-state index in [1.54, 1.807) is 34.5 Å². The van der Waals surface area contributed by atoms with E-state index in [1.165, 1.54) is 23.5 Å². The molecule has 1 saturated heterocycles. The molecule has 5 nitrogen and oxygen atoms in total. The number of thiophene rings is 1. The van der Waals surface area contributed by atoms with Crippen molar-refractivity contribution in [3.63, 3.8) is 0 Å². The first kappa shape index (κ1) is 18.0. The molecule has 1 aromatic carbocycles. The fourth-order valence-corrected chi connectivity index (χ4v) is 5.01. The van der Waals surface area contributed by atoms with E-state index in [2.05, 4.69) is 4.72 Å². The fraction of sp³-hybridized carbons (Fsp3) is 0.353. The Bertz CT molecular complexity index is 829. The van der Waals surface area contributed by atoms with E-state index in [0.717, 1.165) is 0 Å². The third kappa shape index (κ3) is 4.26. The molecule has 8 heteroatoms. The Balaban J connectivity index is 1.52. The second-order valence-electron chi connectivity index (χ2n) is 6.00. The Morgan fingerprint density at radius 3 is 2.56 bits per heavy atom. The summed E-state index contributed by atoms with van der Waals surface area (Å²) in [6.07, 6.45) is 1.38. The Morgan fingerprint density at radius 1 is 1.20 bits per heavy atom. The van der Waals surface area contributed by atoms with Gasteiger partial charge in [0.15, 0.2) is 0 Å². The summed E-state index contributed by atoms with van der Waals surface area (Å²) in [4.78, 5) is 14.0. The van der Waals surface area contributed by atoms with E-state index < -0.39 is 15.8 Å². The molecular weight excluding hydrogens is 363 g/mol. The summed E-state index contributed by atoms with van der Waals surface area (Å²) >= 11 is 1.18. The zero-order chi connectivity index (χ0) is 17.9. The van der Waals surface area contributed by atoms with E-state index in [4.69, 9.17) is 0 Å². The Hall–Kier alpha value is -1.77. The number of amides is 1. The molecule has 2 aromatic rings. The van der Waals surface area contributed by atoms with Gasteiger partial charge in [-0.25, -0.2) is 17.5 Å². The summed E-state index contributed by atoms with van der Waals surface area (Å²) in [6.45, 7) is 1.35. The van der Waals surface area contributed by atoms with Gasteiger partial charge >= 0.3 is 0 Å². The monoisotopic (exact) mass is 382 g/mol. The van der Waals surface area contributed by atoms with Gasteiger partial charge in [0, 0.05) is 19.6 Å². The molecule has 134 valence electrons. The van der Waals surface area contributed by atoms with Crippen molar-refractivity contribution in [2.24, 2.45) is 5.92 Å². The first-order valence-corrected chi connectivity index (χ1v) is 10.4. The minimum Gasteiger partial charge on any atom is -0.339 e. The number of benzene rings is 1. The maximum absolute atomic E-state index is 13.7. The molecule has 1 N–H and O–H groups in total. The van der Waals surface area contributed by atoms with Crippen molar-refractivity contribution in [3.05, 3.63) is 53.2 Å². The number of hydrogen-bond donors (Lipinski definition) is 1. The van der Waals surface area contributed by atoms with Crippen molar-refractivity contribution >= 4 is 27.3 Å². The van der Waals surface area contributed by atoms with Crippen LogP contribution < -0.4 is 4.72 Å². The second-order valence-corrected chi connectivity index (χ2v) is 8.94. The van der Waals surface area contributed by atoms with Crippen LogP contribution in [0.2, 0.25) is 0 Å². The van der Waals surface area contributed by atoms with Crippen LogP contribution in [0.5, 0.6) is 0 Å². The molecule has 1 amide bonds. The van der Waals surface area contributed by atoms with Gasteiger partial charge in [-0.05, 0) is 42.3 Å². The predicted molar refractivity (Wildman–Crippen MR) is 94.5 cm³/mol. The van der Waals surface area contributed by atoms with Gasteiger partial charge in [-0.1, -0.05) is 18.2 Å². The third-order valence-corrected chi connectivity index (χ3v) is 7.15. The molecule has 0 aliphatic carbocycles. The van der Waals surface area contributed by atoms with Crippen LogP contribution in [0, 0.1) is 11.7 Å². The van der Waals surface area contributed by atoms with Crippen molar-refractivity contribution in [1.82, 2.24) is 9.62 Å². The van der Waals surface area contributed by atoms with Gasteiger partial charge in [0.05, 0.1) is 5.56 Å². The van der Waals surface area contributed by atoms with Crippen LogP contribution in [0.15, 0.2) is 46.0 Å². The molecule has 0 radical (unpaired) electrons.